The van der Waals surface area contributed by atoms with Crippen LogP contribution in [0, 0.1) is 12.8 Å². The summed E-state index contributed by atoms with van der Waals surface area (Å²) in [5.74, 6) is 0.190. The van der Waals surface area contributed by atoms with Crippen LogP contribution in [-0.2, 0) is 4.79 Å². The van der Waals surface area contributed by atoms with Gasteiger partial charge in [-0.05, 0) is 57.7 Å². The van der Waals surface area contributed by atoms with Crippen LogP contribution in [0.25, 0.3) is 0 Å². The molecular formula is C22H31N3O3. The number of fused-ring (bicyclic) bond motifs is 1. The van der Waals surface area contributed by atoms with E-state index in [2.05, 4.69) is 17.1 Å². The summed E-state index contributed by atoms with van der Waals surface area (Å²) in [6.45, 7) is 9.55. The quantitative estimate of drug-likeness (QED) is 0.733. The van der Waals surface area contributed by atoms with E-state index in [0.29, 0.717) is 24.0 Å². The van der Waals surface area contributed by atoms with Crippen LogP contribution in [0.3, 0.4) is 0 Å². The van der Waals surface area contributed by atoms with Crippen LogP contribution < -0.4 is 5.32 Å². The number of aryl methyl sites for hydroxylation is 1. The second-order valence-corrected chi connectivity index (χ2v) is 8.39. The topological polar surface area (TPSA) is 69.7 Å². The van der Waals surface area contributed by atoms with Gasteiger partial charge in [0.25, 0.3) is 11.8 Å². The molecule has 2 heterocycles. The molecule has 0 radical (unpaired) electrons. The monoisotopic (exact) mass is 385 g/mol. The maximum absolute atomic E-state index is 12.5. The van der Waals surface area contributed by atoms with Gasteiger partial charge in [0.05, 0.1) is 11.1 Å². The van der Waals surface area contributed by atoms with E-state index in [9.17, 15) is 14.4 Å². The zero-order chi connectivity index (χ0) is 20.3. The Kier molecular flexibility index (Phi) is 6.50. The second-order valence-electron chi connectivity index (χ2n) is 8.39. The average molecular weight is 386 g/mol. The summed E-state index contributed by atoms with van der Waals surface area (Å²) in [5, 5.41) is 3.05. The standard InChI is InChI=1S/C22H31N3O3/c1-15-8-9-18-19(12-15)22(28)25(21(18)27)11-5-7-20(26)23-17(3)14-24-10-4-6-16(2)13-24/h8-9,12,16-17H,4-7,10-11,13-14H2,1-3H3,(H,23,26). The number of nitrogens with zero attached hydrogens (tertiary/aromatic N) is 2. The molecule has 1 aromatic carbocycles. The van der Waals surface area contributed by atoms with Crippen molar-refractivity contribution in [1.29, 1.82) is 0 Å². The summed E-state index contributed by atoms with van der Waals surface area (Å²) >= 11 is 0. The first-order valence-electron chi connectivity index (χ1n) is 10.3. The van der Waals surface area contributed by atoms with Gasteiger partial charge in [0.1, 0.15) is 0 Å². The molecule has 1 fully saturated rings. The number of carbonyl (C=O) groups excluding carboxylic acids is 3. The van der Waals surface area contributed by atoms with Crippen molar-refractivity contribution in [1.82, 2.24) is 15.1 Å². The predicted octanol–water partition coefficient (Wildman–Crippen LogP) is 2.61. The van der Waals surface area contributed by atoms with Gasteiger partial charge in [0.2, 0.25) is 5.91 Å². The number of carbonyl (C=O) groups is 3. The molecule has 0 aliphatic carbocycles. The highest BCUT2D eigenvalue weighted by Gasteiger charge is 2.35. The lowest BCUT2D eigenvalue weighted by Gasteiger charge is -2.32. The minimum absolute atomic E-state index is 0.0231. The molecule has 2 atom stereocenters. The molecule has 0 bridgehead atoms. The van der Waals surface area contributed by atoms with Crippen molar-refractivity contribution in [2.45, 2.75) is 52.5 Å². The fourth-order valence-electron chi connectivity index (χ4n) is 4.24. The number of likely N-dealkylation sites (tertiary alicyclic amines) is 1. The first-order valence-corrected chi connectivity index (χ1v) is 10.3. The van der Waals surface area contributed by atoms with Gasteiger partial charge >= 0.3 is 0 Å². The van der Waals surface area contributed by atoms with E-state index in [1.54, 1.807) is 12.1 Å². The third kappa shape index (κ3) is 4.79. The third-order valence-electron chi connectivity index (χ3n) is 5.59. The zero-order valence-corrected chi connectivity index (χ0v) is 17.2. The van der Waals surface area contributed by atoms with E-state index in [1.807, 2.05) is 19.9 Å². The van der Waals surface area contributed by atoms with Crippen molar-refractivity contribution in [3.63, 3.8) is 0 Å². The molecule has 28 heavy (non-hydrogen) atoms. The molecule has 1 saturated heterocycles. The Bertz CT molecular complexity index is 761. The highest BCUT2D eigenvalue weighted by molar-refractivity contribution is 6.21. The summed E-state index contributed by atoms with van der Waals surface area (Å²) in [7, 11) is 0. The van der Waals surface area contributed by atoms with Gasteiger partial charge in [-0.1, -0.05) is 18.6 Å². The molecule has 6 nitrogen and oxygen atoms in total. The van der Waals surface area contributed by atoms with Gasteiger partial charge in [-0.15, -0.1) is 0 Å². The molecule has 2 unspecified atom stereocenters. The van der Waals surface area contributed by atoms with Crippen molar-refractivity contribution in [3.8, 4) is 0 Å². The van der Waals surface area contributed by atoms with Gasteiger partial charge in [0.15, 0.2) is 0 Å². The van der Waals surface area contributed by atoms with Crippen LogP contribution in [-0.4, -0.2) is 59.7 Å². The van der Waals surface area contributed by atoms with Crippen molar-refractivity contribution >= 4 is 17.7 Å². The molecular weight excluding hydrogens is 354 g/mol. The number of hydrogen-bond donors (Lipinski definition) is 1. The maximum Gasteiger partial charge on any atom is 0.261 e. The Labute approximate surface area is 167 Å². The number of benzene rings is 1. The SMILES string of the molecule is Cc1ccc2c(c1)C(=O)N(CCCC(=O)NC(C)CN1CCCC(C)C1)C2=O. The smallest absolute Gasteiger partial charge is 0.261 e. The molecule has 6 heteroatoms. The number of amides is 3. The largest absolute Gasteiger partial charge is 0.352 e. The Hall–Kier alpha value is -2.21. The lowest BCUT2D eigenvalue weighted by molar-refractivity contribution is -0.122. The molecule has 1 aromatic rings. The lowest BCUT2D eigenvalue weighted by Crippen LogP contribution is -2.45. The molecule has 0 spiro atoms. The van der Waals surface area contributed by atoms with Crippen LogP contribution >= 0.6 is 0 Å². The van der Waals surface area contributed by atoms with Crippen LogP contribution in [0.15, 0.2) is 18.2 Å². The lowest BCUT2D eigenvalue weighted by atomic mass is 10.00. The van der Waals surface area contributed by atoms with Gasteiger partial charge in [0, 0.05) is 32.1 Å². The van der Waals surface area contributed by atoms with E-state index in [4.69, 9.17) is 0 Å². The second kappa shape index (κ2) is 8.86. The molecule has 3 amide bonds. The van der Waals surface area contributed by atoms with E-state index in [0.717, 1.165) is 31.1 Å². The van der Waals surface area contributed by atoms with E-state index in [1.165, 1.54) is 17.7 Å². The van der Waals surface area contributed by atoms with Gasteiger partial charge < -0.3 is 10.2 Å². The Morgan fingerprint density at radius 2 is 2.00 bits per heavy atom. The Balaban J connectivity index is 1.42. The first kappa shape index (κ1) is 20.5. The van der Waals surface area contributed by atoms with Gasteiger partial charge in [-0.3, -0.25) is 19.3 Å². The van der Waals surface area contributed by atoms with Gasteiger partial charge in [-0.2, -0.15) is 0 Å². The molecule has 1 N–H and O–H groups in total. The third-order valence-corrected chi connectivity index (χ3v) is 5.59. The number of piperidine rings is 1. The number of rotatable bonds is 7. The number of nitrogens with one attached hydrogen (secondary N) is 1. The van der Waals surface area contributed by atoms with Crippen LogP contribution in [0.2, 0.25) is 0 Å². The average Bonchev–Trinajstić information content (AvgIpc) is 2.86. The summed E-state index contributed by atoms with van der Waals surface area (Å²) in [4.78, 5) is 40.8. The molecule has 2 aliphatic heterocycles. The van der Waals surface area contributed by atoms with Crippen molar-refractivity contribution in [2.24, 2.45) is 5.92 Å². The van der Waals surface area contributed by atoms with Crippen LogP contribution in [0.5, 0.6) is 0 Å². The summed E-state index contributed by atoms with van der Waals surface area (Å²) in [6, 6.07) is 5.40. The predicted molar refractivity (Wildman–Crippen MR) is 108 cm³/mol. The van der Waals surface area contributed by atoms with Crippen LogP contribution in [0.4, 0.5) is 0 Å². The van der Waals surface area contributed by atoms with E-state index >= 15 is 0 Å². The van der Waals surface area contributed by atoms with Crippen LogP contribution in [0.1, 0.15) is 65.8 Å². The van der Waals surface area contributed by atoms with E-state index < -0.39 is 0 Å². The summed E-state index contributed by atoms with van der Waals surface area (Å²) in [5.41, 5.74) is 1.89. The molecule has 0 saturated carbocycles. The number of imide groups is 1. The van der Waals surface area contributed by atoms with Crippen molar-refractivity contribution in [3.05, 3.63) is 34.9 Å². The maximum atomic E-state index is 12.5. The highest BCUT2D eigenvalue weighted by atomic mass is 16.2. The zero-order valence-electron chi connectivity index (χ0n) is 17.2. The molecule has 3 rings (SSSR count). The molecule has 152 valence electrons. The fraction of sp³-hybridized carbons (Fsp3) is 0.591. The minimum Gasteiger partial charge on any atom is -0.352 e. The first-order chi connectivity index (χ1) is 13.3. The molecule has 2 aliphatic rings. The van der Waals surface area contributed by atoms with Crippen molar-refractivity contribution < 1.29 is 14.4 Å². The van der Waals surface area contributed by atoms with Gasteiger partial charge in [-0.25, -0.2) is 0 Å². The summed E-state index contributed by atoms with van der Waals surface area (Å²) in [6.07, 6.45) is 3.30. The Morgan fingerprint density at radius 1 is 1.25 bits per heavy atom. The minimum atomic E-state index is -0.256. The fourth-order valence-corrected chi connectivity index (χ4v) is 4.24. The molecule has 0 aromatic heterocycles. The van der Waals surface area contributed by atoms with E-state index in [-0.39, 0.29) is 30.3 Å². The Morgan fingerprint density at radius 3 is 2.75 bits per heavy atom. The normalized spacial score (nSPS) is 21.0. The van der Waals surface area contributed by atoms with Crippen molar-refractivity contribution in [2.75, 3.05) is 26.2 Å². The number of hydrogen-bond acceptors (Lipinski definition) is 4. The highest BCUT2D eigenvalue weighted by Crippen LogP contribution is 2.24. The summed E-state index contributed by atoms with van der Waals surface area (Å²) < 4.78 is 0.